The Balaban J connectivity index is 1.81. The Morgan fingerprint density at radius 2 is 2.05 bits per heavy atom. The SMILES string of the molecule is CCCCCNC(=O)C(C)N1CCCC1C1CCNCC1. The van der Waals surface area contributed by atoms with Gasteiger partial charge in [0.2, 0.25) is 5.91 Å². The molecule has 0 saturated carbocycles. The first kappa shape index (κ1) is 16.8. The number of piperidine rings is 1. The Morgan fingerprint density at radius 3 is 2.76 bits per heavy atom. The van der Waals surface area contributed by atoms with Gasteiger partial charge in [-0.2, -0.15) is 0 Å². The van der Waals surface area contributed by atoms with Gasteiger partial charge >= 0.3 is 0 Å². The molecule has 2 aliphatic rings. The summed E-state index contributed by atoms with van der Waals surface area (Å²) in [7, 11) is 0. The Bertz CT molecular complexity index is 315. The van der Waals surface area contributed by atoms with Gasteiger partial charge in [0.25, 0.3) is 0 Å². The van der Waals surface area contributed by atoms with E-state index in [4.69, 9.17) is 0 Å². The molecule has 21 heavy (non-hydrogen) atoms. The molecule has 2 atom stereocenters. The Kier molecular flexibility index (Phi) is 6.97. The van der Waals surface area contributed by atoms with Crippen molar-refractivity contribution < 1.29 is 4.79 Å². The van der Waals surface area contributed by atoms with Gasteiger partial charge in [-0.1, -0.05) is 19.8 Å². The number of carbonyl (C=O) groups excluding carboxylic acids is 1. The Hall–Kier alpha value is -0.610. The lowest BCUT2D eigenvalue weighted by Gasteiger charge is -2.37. The average molecular weight is 295 g/mol. The van der Waals surface area contributed by atoms with Gasteiger partial charge in [-0.3, -0.25) is 9.69 Å². The van der Waals surface area contributed by atoms with Crippen molar-refractivity contribution in [2.45, 2.75) is 70.9 Å². The maximum Gasteiger partial charge on any atom is 0.237 e. The number of nitrogens with one attached hydrogen (secondary N) is 2. The van der Waals surface area contributed by atoms with Crippen molar-refractivity contribution >= 4 is 5.91 Å². The summed E-state index contributed by atoms with van der Waals surface area (Å²) in [6, 6.07) is 0.664. The molecule has 2 rings (SSSR count). The predicted octanol–water partition coefficient (Wildman–Crippen LogP) is 2.15. The minimum absolute atomic E-state index is 0.0361. The summed E-state index contributed by atoms with van der Waals surface area (Å²) in [5.41, 5.74) is 0. The molecule has 2 saturated heterocycles. The van der Waals surface area contributed by atoms with E-state index in [0.717, 1.165) is 38.5 Å². The van der Waals surface area contributed by atoms with E-state index in [2.05, 4.69) is 29.4 Å². The monoisotopic (exact) mass is 295 g/mol. The molecular weight excluding hydrogens is 262 g/mol. The number of likely N-dealkylation sites (tertiary alicyclic amines) is 1. The van der Waals surface area contributed by atoms with Crippen molar-refractivity contribution in [2.24, 2.45) is 5.92 Å². The first-order chi connectivity index (χ1) is 10.2. The number of nitrogens with zero attached hydrogens (tertiary/aromatic N) is 1. The van der Waals surface area contributed by atoms with Crippen LogP contribution in [-0.4, -0.2) is 49.1 Å². The van der Waals surface area contributed by atoms with Crippen LogP contribution in [-0.2, 0) is 4.79 Å². The summed E-state index contributed by atoms with van der Waals surface area (Å²) in [5, 5.41) is 6.57. The van der Waals surface area contributed by atoms with Gasteiger partial charge in [0.1, 0.15) is 0 Å². The van der Waals surface area contributed by atoms with Crippen LogP contribution in [0.2, 0.25) is 0 Å². The molecule has 122 valence electrons. The third-order valence-corrected chi connectivity index (χ3v) is 5.23. The molecule has 2 aliphatic heterocycles. The van der Waals surface area contributed by atoms with Crippen LogP contribution in [0.5, 0.6) is 0 Å². The third-order valence-electron chi connectivity index (χ3n) is 5.23. The third kappa shape index (κ3) is 4.68. The van der Waals surface area contributed by atoms with E-state index in [0.29, 0.717) is 6.04 Å². The molecule has 0 aliphatic carbocycles. The van der Waals surface area contributed by atoms with Crippen LogP contribution < -0.4 is 10.6 Å². The fourth-order valence-corrected chi connectivity index (χ4v) is 3.92. The Morgan fingerprint density at radius 1 is 1.29 bits per heavy atom. The van der Waals surface area contributed by atoms with Crippen LogP contribution in [0.15, 0.2) is 0 Å². The van der Waals surface area contributed by atoms with Crippen molar-refractivity contribution in [1.82, 2.24) is 15.5 Å². The van der Waals surface area contributed by atoms with Gasteiger partial charge in [0.15, 0.2) is 0 Å². The van der Waals surface area contributed by atoms with Crippen molar-refractivity contribution in [3.05, 3.63) is 0 Å². The van der Waals surface area contributed by atoms with Crippen molar-refractivity contribution in [3.63, 3.8) is 0 Å². The first-order valence-electron chi connectivity index (χ1n) is 8.98. The topological polar surface area (TPSA) is 44.4 Å². The largest absolute Gasteiger partial charge is 0.355 e. The summed E-state index contributed by atoms with van der Waals surface area (Å²) in [6.07, 6.45) is 8.58. The Labute approximate surface area is 130 Å². The quantitative estimate of drug-likeness (QED) is 0.707. The minimum Gasteiger partial charge on any atom is -0.355 e. The molecule has 0 bridgehead atoms. The zero-order valence-electron chi connectivity index (χ0n) is 13.9. The van der Waals surface area contributed by atoms with E-state index in [1.54, 1.807) is 0 Å². The molecule has 0 aromatic carbocycles. The smallest absolute Gasteiger partial charge is 0.237 e. The van der Waals surface area contributed by atoms with Crippen LogP contribution in [0.25, 0.3) is 0 Å². The van der Waals surface area contributed by atoms with Crippen LogP contribution in [0.3, 0.4) is 0 Å². The van der Waals surface area contributed by atoms with Crippen molar-refractivity contribution in [3.8, 4) is 0 Å². The molecule has 4 nitrogen and oxygen atoms in total. The van der Waals surface area contributed by atoms with E-state index in [1.807, 2.05) is 0 Å². The van der Waals surface area contributed by atoms with Gasteiger partial charge in [-0.05, 0) is 64.6 Å². The van der Waals surface area contributed by atoms with Crippen molar-refractivity contribution in [1.29, 1.82) is 0 Å². The molecule has 2 N–H and O–H groups in total. The maximum atomic E-state index is 12.4. The van der Waals surface area contributed by atoms with Crippen LogP contribution in [0.1, 0.15) is 58.8 Å². The average Bonchev–Trinajstić information content (AvgIpc) is 3.01. The number of rotatable bonds is 7. The first-order valence-corrected chi connectivity index (χ1v) is 8.98. The molecular formula is C17H33N3O. The summed E-state index contributed by atoms with van der Waals surface area (Å²) < 4.78 is 0. The molecule has 2 heterocycles. The fraction of sp³-hybridized carbons (Fsp3) is 0.941. The lowest BCUT2D eigenvalue weighted by Crippen LogP contribution is -2.50. The standard InChI is InChI=1S/C17H33N3O/c1-3-4-5-10-19-17(21)14(2)20-13-6-7-16(20)15-8-11-18-12-9-15/h14-16,18H,3-13H2,1-2H3,(H,19,21). The highest BCUT2D eigenvalue weighted by Gasteiger charge is 2.36. The van der Waals surface area contributed by atoms with Gasteiger partial charge in [0.05, 0.1) is 6.04 Å². The number of hydrogen-bond donors (Lipinski definition) is 2. The van der Waals surface area contributed by atoms with Gasteiger partial charge in [0, 0.05) is 12.6 Å². The number of carbonyl (C=O) groups is 1. The molecule has 1 amide bonds. The van der Waals surface area contributed by atoms with Gasteiger partial charge < -0.3 is 10.6 Å². The normalized spacial score (nSPS) is 25.9. The zero-order chi connectivity index (χ0) is 15.1. The van der Waals surface area contributed by atoms with Gasteiger partial charge in [-0.25, -0.2) is 0 Å². The zero-order valence-corrected chi connectivity index (χ0v) is 13.9. The van der Waals surface area contributed by atoms with Crippen molar-refractivity contribution in [2.75, 3.05) is 26.2 Å². The predicted molar refractivity (Wildman–Crippen MR) is 87.3 cm³/mol. The highest BCUT2D eigenvalue weighted by molar-refractivity contribution is 5.81. The van der Waals surface area contributed by atoms with E-state index >= 15 is 0 Å². The fourth-order valence-electron chi connectivity index (χ4n) is 3.92. The molecule has 0 spiro atoms. The van der Waals surface area contributed by atoms with E-state index in [-0.39, 0.29) is 11.9 Å². The summed E-state index contributed by atoms with van der Waals surface area (Å²) >= 11 is 0. The molecule has 2 unspecified atom stereocenters. The van der Waals surface area contributed by atoms with Gasteiger partial charge in [-0.15, -0.1) is 0 Å². The number of amides is 1. The lowest BCUT2D eigenvalue weighted by molar-refractivity contribution is -0.126. The summed E-state index contributed by atoms with van der Waals surface area (Å²) in [5.74, 6) is 1.01. The second kappa shape index (κ2) is 8.74. The summed E-state index contributed by atoms with van der Waals surface area (Å²) in [4.78, 5) is 14.8. The second-order valence-electron chi connectivity index (χ2n) is 6.71. The number of hydrogen-bond acceptors (Lipinski definition) is 3. The molecule has 0 aromatic rings. The highest BCUT2D eigenvalue weighted by atomic mass is 16.2. The van der Waals surface area contributed by atoms with Crippen LogP contribution in [0, 0.1) is 5.92 Å². The van der Waals surface area contributed by atoms with E-state index < -0.39 is 0 Å². The molecule has 0 radical (unpaired) electrons. The summed E-state index contributed by atoms with van der Waals surface area (Å²) in [6.45, 7) is 8.51. The lowest BCUT2D eigenvalue weighted by atomic mass is 9.88. The van der Waals surface area contributed by atoms with Crippen LogP contribution in [0.4, 0.5) is 0 Å². The number of unbranched alkanes of at least 4 members (excludes halogenated alkanes) is 2. The second-order valence-corrected chi connectivity index (χ2v) is 6.71. The molecule has 0 aromatic heterocycles. The minimum atomic E-state index is 0.0361. The molecule has 2 fully saturated rings. The van der Waals surface area contributed by atoms with Crippen LogP contribution >= 0.6 is 0 Å². The molecule has 4 heteroatoms. The van der Waals surface area contributed by atoms with E-state index in [9.17, 15) is 4.79 Å². The van der Waals surface area contributed by atoms with E-state index in [1.165, 1.54) is 38.5 Å². The highest BCUT2D eigenvalue weighted by Crippen LogP contribution is 2.30. The maximum absolute atomic E-state index is 12.4.